The van der Waals surface area contributed by atoms with Gasteiger partial charge in [-0.25, -0.2) is 4.79 Å². The summed E-state index contributed by atoms with van der Waals surface area (Å²) in [4.78, 5) is 13.0. The summed E-state index contributed by atoms with van der Waals surface area (Å²) in [5.74, 6) is -0.164. The number of hydrogen-bond acceptors (Lipinski definition) is 6. The van der Waals surface area contributed by atoms with Crippen molar-refractivity contribution in [2.45, 2.75) is 6.92 Å². The van der Waals surface area contributed by atoms with Crippen molar-refractivity contribution in [2.24, 2.45) is 0 Å². The summed E-state index contributed by atoms with van der Waals surface area (Å²) in [6.07, 6.45) is 0. The van der Waals surface area contributed by atoms with Crippen LogP contribution in [0, 0.1) is 0 Å². The molecule has 0 amide bonds. The Morgan fingerprint density at radius 1 is 1.71 bits per heavy atom. The molecular weight excluding hydrogens is 186 g/mol. The molecule has 1 aromatic rings. The zero-order chi connectivity index (χ0) is 10.7. The summed E-state index contributed by atoms with van der Waals surface area (Å²) in [6.45, 7) is 2.61. The molecule has 1 rings (SSSR count). The second-order valence-electron chi connectivity index (χ2n) is 2.75. The van der Waals surface area contributed by atoms with Crippen LogP contribution in [0.4, 0.5) is 11.7 Å². The van der Waals surface area contributed by atoms with Crippen molar-refractivity contribution in [3.8, 4) is 0 Å². The highest BCUT2D eigenvalue weighted by Crippen LogP contribution is 2.24. The van der Waals surface area contributed by atoms with Crippen LogP contribution in [-0.2, 0) is 4.74 Å². The lowest BCUT2D eigenvalue weighted by Crippen LogP contribution is -2.19. The molecule has 0 spiro atoms. The first kappa shape index (κ1) is 10.4. The van der Waals surface area contributed by atoms with Gasteiger partial charge in [0, 0.05) is 13.6 Å². The summed E-state index contributed by atoms with van der Waals surface area (Å²) in [7, 11) is 3.06. The molecule has 0 fully saturated rings. The fraction of sp³-hybridized carbons (Fsp3) is 0.500. The number of aromatic nitrogens is 1. The number of methoxy groups -OCH3 is 1. The Balaban J connectivity index is 3.12. The lowest BCUT2D eigenvalue weighted by molar-refractivity contribution is 0.0602. The number of nitrogens with zero attached hydrogens (tertiary/aromatic N) is 2. The molecule has 6 nitrogen and oxygen atoms in total. The molecule has 78 valence electrons. The number of hydrogen-bond donors (Lipinski definition) is 1. The summed E-state index contributed by atoms with van der Waals surface area (Å²) in [6, 6.07) is 0. The normalized spacial score (nSPS) is 9.93. The molecule has 0 aromatic carbocycles. The molecule has 0 atom stereocenters. The lowest BCUT2D eigenvalue weighted by Gasteiger charge is -2.12. The van der Waals surface area contributed by atoms with Gasteiger partial charge in [0.1, 0.15) is 0 Å². The second kappa shape index (κ2) is 3.99. The Labute approximate surface area is 81.6 Å². The molecule has 14 heavy (non-hydrogen) atoms. The van der Waals surface area contributed by atoms with Crippen molar-refractivity contribution in [2.75, 3.05) is 31.3 Å². The van der Waals surface area contributed by atoms with Gasteiger partial charge in [-0.2, -0.15) is 0 Å². The van der Waals surface area contributed by atoms with Crippen LogP contribution in [0.3, 0.4) is 0 Å². The molecule has 0 aliphatic rings. The van der Waals surface area contributed by atoms with Gasteiger partial charge >= 0.3 is 5.97 Å². The van der Waals surface area contributed by atoms with Crippen LogP contribution in [0.15, 0.2) is 4.52 Å². The summed E-state index contributed by atoms with van der Waals surface area (Å²) >= 11 is 0. The van der Waals surface area contributed by atoms with Gasteiger partial charge in [-0.3, -0.25) is 0 Å². The SMILES string of the molecule is CCN(C)c1noc(N)c1C(=O)OC. The molecule has 0 unspecified atom stereocenters. The van der Waals surface area contributed by atoms with Crippen LogP contribution in [0.25, 0.3) is 0 Å². The molecule has 1 aromatic heterocycles. The minimum Gasteiger partial charge on any atom is -0.465 e. The average Bonchev–Trinajstić information content (AvgIpc) is 2.58. The van der Waals surface area contributed by atoms with Crippen LogP contribution in [0.5, 0.6) is 0 Å². The molecule has 0 saturated carbocycles. The molecule has 0 bridgehead atoms. The number of carbonyl (C=O) groups excluding carboxylic acids is 1. The third kappa shape index (κ3) is 1.63. The van der Waals surface area contributed by atoms with Crippen LogP contribution < -0.4 is 10.6 Å². The maximum Gasteiger partial charge on any atom is 0.347 e. The zero-order valence-electron chi connectivity index (χ0n) is 8.40. The maximum atomic E-state index is 11.3. The van der Waals surface area contributed by atoms with E-state index in [1.807, 2.05) is 6.92 Å². The van der Waals surface area contributed by atoms with Crippen LogP contribution in [0.2, 0.25) is 0 Å². The lowest BCUT2D eigenvalue weighted by atomic mass is 10.3. The van der Waals surface area contributed by atoms with E-state index in [2.05, 4.69) is 9.89 Å². The molecular formula is C8H13N3O3. The van der Waals surface area contributed by atoms with Crippen molar-refractivity contribution in [1.29, 1.82) is 0 Å². The van der Waals surface area contributed by atoms with Crippen LogP contribution in [-0.4, -0.2) is 31.8 Å². The Morgan fingerprint density at radius 3 is 2.86 bits per heavy atom. The summed E-state index contributed by atoms with van der Waals surface area (Å²) in [5, 5.41) is 3.68. The average molecular weight is 199 g/mol. The monoisotopic (exact) mass is 199 g/mol. The standard InChI is InChI=1S/C8H13N3O3/c1-4-11(2)7-5(8(12)13-3)6(9)14-10-7/h4,9H2,1-3H3. The third-order valence-electron chi connectivity index (χ3n) is 1.93. The molecule has 2 N–H and O–H groups in total. The van der Waals surface area contributed by atoms with E-state index in [1.54, 1.807) is 11.9 Å². The number of nitrogen functional groups attached to an aromatic ring is 1. The number of anilines is 2. The molecule has 0 aliphatic heterocycles. The Morgan fingerprint density at radius 2 is 2.36 bits per heavy atom. The van der Waals surface area contributed by atoms with E-state index in [0.29, 0.717) is 12.4 Å². The predicted molar refractivity (Wildman–Crippen MR) is 51.2 cm³/mol. The second-order valence-corrected chi connectivity index (χ2v) is 2.75. The topological polar surface area (TPSA) is 81.6 Å². The van der Waals surface area contributed by atoms with Gasteiger partial charge in [0.15, 0.2) is 11.4 Å². The van der Waals surface area contributed by atoms with E-state index in [-0.39, 0.29) is 11.4 Å². The van der Waals surface area contributed by atoms with E-state index in [4.69, 9.17) is 10.3 Å². The van der Waals surface area contributed by atoms with Crippen molar-refractivity contribution >= 4 is 17.7 Å². The quantitative estimate of drug-likeness (QED) is 0.714. The van der Waals surface area contributed by atoms with Crippen LogP contribution in [0.1, 0.15) is 17.3 Å². The Kier molecular flexibility index (Phi) is 2.95. The van der Waals surface area contributed by atoms with E-state index in [1.165, 1.54) is 7.11 Å². The van der Waals surface area contributed by atoms with E-state index in [9.17, 15) is 4.79 Å². The predicted octanol–water partition coefficient (Wildman–Crippen LogP) is 0.499. The minimum atomic E-state index is -0.543. The van der Waals surface area contributed by atoms with Gasteiger partial charge in [0.2, 0.25) is 5.88 Å². The number of esters is 1. The highest BCUT2D eigenvalue weighted by atomic mass is 16.5. The number of carbonyl (C=O) groups is 1. The van der Waals surface area contributed by atoms with Gasteiger partial charge in [0.05, 0.1) is 7.11 Å². The number of ether oxygens (including phenoxy) is 1. The van der Waals surface area contributed by atoms with Gasteiger partial charge in [0.25, 0.3) is 0 Å². The maximum absolute atomic E-state index is 11.3. The molecule has 0 aliphatic carbocycles. The molecule has 1 heterocycles. The smallest absolute Gasteiger partial charge is 0.347 e. The van der Waals surface area contributed by atoms with Crippen molar-refractivity contribution in [3.63, 3.8) is 0 Å². The highest BCUT2D eigenvalue weighted by molar-refractivity contribution is 5.98. The van der Waals surface area contributed by atoms with E-state index in [0.717, 1.165) is 0 Å². The first-order chi connectivity index (χ1) is 6.61. The number of rotatable bonds is 3. The van der Waals surface area contributed by atoms with Crippen molar-refractivity contribution < 1.29 is 14.1 Å². The fourth-order valence-electron chi connectivity index (χ4n) is 0.998. The molecule has 0 radical (unpaired) electrons. The van der Waals surface area contributed by atoms with Gasteiger partial charge in [-0.05, 0) is 6.92 Å². The minimum absolute atomic E-state index is 0.0212. The summed E-state index contributed by atoms with van der Waals surface area (Å²) < 4.78 is 9.29. The molecule has 6 heteroatoms. The van der Waals surface area contributed by atoms with Crippen LogP contribution >= 0.6 is 0 Å². The summed E-state index contributed by atoms with van der Waals surface area (Å²) in [5.41, 5.74) is 5.63. The van der Waals surface area contributed by atoms with Gasteiger partial charge < -0.3 is 19.9 Å². The van der Waals surface area contributed by atoms with Crippen molar-refractivity contribution in [3.05, 3.63) is 5.56 Å². The zero-order valence-corrected chi connectivity index (χ0v) is 8.40. The first-order valence-corrected chi connectivity index (χ1v) is 4.16. The Bertz CT molecular complexity index is 335. The van der Waals surface area contributed by atoms with Gasteiger partial charge in [-0.1, -0.05) is 5.16 Å². The molecule has 0 saturated heterocycles. The highest BCUT2D eigenvalue weighted by Gasteiger charge is 2.23. The van der Waals surface area contributed by atoms with Gasteiger partial charge in [-0.15, -0.1) is 0 Å². The third-order valence-corrected chi connectivity index (χ3v) is 1.93. The van der Waals surface area contributed by atoms with Crippen molar-refractivity contribution in [1.82, 2.24) is 5.16 Å². The fourth-order valence-corrected chi connectivity index (χ4v) is 0.998. The largest absolute Gasteiger partial charge is 0.465 e. The first-order valence-electron chi connectivity index (χ1n) is 4.16. The Hall–Kier alpha value is -1.72. The van der Waals surface area contributed by atoms with E-state index < -0.39 is 5.97 Å². The number of nitrogens with two attached hydrogens (primary N) is 1. The van der Waals surface area contributed by atoms with E-state index >= 15 is 0 Å².